The lowest BCUT2D eigenvalue weighted by Gasteiger charge is -2.28. The van der Waals surface area contributed by atoms with Gasteiger partial charge in [0.1, 0.15) is 12.4 Å². The van der Waals surface area contributed by atoms with Crippen LogP contribution in [0.4, 0.5) is 0 Å². The highest BCUT2D eigenvalue weighted by molar-refractivity contribution is 5.98. The highest BCUT2D eigenvalue weighted by atomic mass is 16.5. The van der Waals surface area contributed by atoms with Gasteiger partial charge in [-0.15, -0.1) is 0 Å². The summed E-state index contributed by atoms with van der Waals surface area (Å²) in [5.74, 6) is 0.513. The third kappa shape index (κ3) is 3.45. The van der Waals surface area contributed by atoms with E-state index < -0.39 is 5.54 Å². The van der Waals surface area contributed by atoms with Crippen molar-refractivity contribution in [2.45, 2.75) is 32.9 Å². The molecule has 0 aliphatic carbocycles. The molecule has 0 bridgehead atoms. The van der Waals surface area contributed by atoms with Crippen LogP contribution >= 0.6 is 0 Å². The Hall–Kier alpha value is -2.92. The fourth-order valence-corrected chi connectivity index (χ4v) is 3.74. The molecule has 2 N–H and O–H groups in total. The van der Waals surface area contributed by atoms with Crippen molar-refractivity contribution in [2.75, 3.05) is 13.2 Å². The fourth-order valence-electron chi connectivity index (χ4n) is 3.74. The molecule has 5 nitrogen and oxygen atoms in total. The quantitative estimate of drug-likeness (QED) is 0.733. The van der Waals surface area contributed by atoms with Crippen LogP contribution in [0, 0.1) is 6.92 Å². The summed E-state index contributed by atoms with van der Waals surface area (Å²) in [5.41, 5.74) is 2.71. The Morgan fingerprint density at radius 2 is 2.00 bits per heavy atom. The predicted octanol–water partition coefficient (Wildman–Crippen LogP) is 3.69. The van der Waals surface area contributed by atoms with Gasteiger partial charge < -0.3 is 15.4 Å². The largest absolute Gasteiger partial charge is 0.491 e. The molecule has 0 atom stereocenters. The first-order valence-electron chi connectivity index (χ1n) is 9.60. The Labute approximate surface area is 165 Å². The molecule has 1 aromatic heterocycles. The van der Waals surface area contributed by atoms with Crippen LogP contribution < -0.4 is 15.4 Å². The number of nitrogens with zero attached hydrogens (tertiary/aromatic N) is 1. The minimum atomic E-state index is -0.644. The van der Waals surface area contributed by atoms with Gasteiger partial charge in [-0.2, -0.15) is 0 Å². The van der Waals surface area contributed by atoms with Gasteiger partial charge in [-0.25, -0.2) is 0 Å². The number of carbonyl (C=O) groups excluding carboxylic acids is 1. The normalized spacial score (nSPS) is 14.1. The Kier molecular flexibility index (Phi) is 4.77. The van der Waals surface area contributed by atoms with E-state index in [4.69, 9.17) is 9.72 Å². The second-order valence-electron chi connectivity index (χ2n) is 7.73. The number of fused-ring (bicyclic) bond motifs is 2. The maximum absolute atomic E-state index is 13.2. The summed E-state index contributed by atoms with van der Waals surface area (Å²) in [7, 11) is 0. The minimum Gasteiger partial charge on any atom is -0.491 e. The maximum atomic E-state index is 13.2. The molecule has 0 saturated heterocycles. The van der Waals surface area contributed by atoms with Crippen molar-refractivity contribution >= 4 is 16.7 Å². The van der Waals surface area contributed by atoms with Gasteiger partial charge >= 0.3 is 0 Å². The van der Waals surface area contributed by atoms with Crippen LogP contribution in [0.3, 0.4) is 0 Å². The Morgan fingerprint density at radius 1 is 1.18 bits per heavy atom. The number of pyridine rings is 1. The van der Waals surface area contributed by atoms with E-state index in [2.05, 4.69) is 22.8 Å². The number of aryl methyl sites for hydroxylation is 1. The van der Waals surface area contributed by atoms with Crippen molar-refractivity contribution < 1.29 is 9.53 Å². The van der Waals surface area contributed by atoms with E-state index in [1.165, 1.54) is 0 Å². The van der Waals surface area contributed by atoms with E-state index >= 15 is 0 Å². The highest BCUT2D eigenvalue weighted by Crippen LogP contribution is 2.30. The number of nitrogens with one attached hydrogen (secondary N) is 2. The lowest BCUT2D eigenvalue weighted by Crippen LogP contribution is -2.42. The molecule has 0 spiro atoms. The first kappa shape index (κ1) is 18.4. The van der Waals surface area contributed by atoms with Crippen molar-refractivity contribution in [3.8, 4) is 5.75 Å². The molecule has 5 heteroatoms. The van der Waals surface area contributed by atoms with Crippen LogP contribution in [0.5, 0.6) is 5.75 Å². The topological polar surface area (TPSA) is 63.2 Å². The lowest BCUT2D eigenvalue weighted by atomic mass is 9.93. The van der Waals surface area contributed by atoms with Crippen molar-refractivity contribution in [1.82, 2.24) is 15.6 Å². The summed E-state index contributed by atoms with van der Waals surface area (Å²) in [6.07, 6.45) is 0. The van der Waals surface area contributed by atoms with Crippen LogP contribution in [-0.2, 0) is 12.1 Å². The predicted molar refractivity (Wildman–Crippen MR) is 111 cm³/mol. The first-order valence-corrected chi connectivity index (χ1v) is 9.60. The number of carbonyl (C=O) groups is 1. The van der Waals surface area contributed by atoms with Crippen molar-refractivity contribution in [1.29, 1.82) is 0 Å². The smallest absolute Gasteiger partial charge is 0.255 e. The van der Waals surface area contributed by atoms with Gasteiger partial charge in [0.05, 0.1) is 16.8 Å². The summed E-state index contributed by atoms with van der Waals surface area (Å²) in [6.45, 7) is 7.97. The summed E-state index contributed by atoms with van der Waals surface area (Å²) in [5, 5.41) is 8.65. The molecular formula is C23H25N3O2. The molecule has 144 valence electrons. The zero-order valence-corrected chi connectivity index (χ0v) is 16.5. The molecule has 1 aliphatic heterocycles. The highest BCUT2D eigenvalue weighted by Gasteiger charge is 2.29. The second-order valence-corrected chi connectivity index (χ2v) is 7.73. The summed E-state index contributed by atoms with van der Waals surface area (Å²) >= 11 is 0. The van der Waals surface area contributed by atoms with Gasteiger partial charge in [0.25, 0.3) is 5.91 Å². The third-order valence-corrected chi connectivity index (χ3v) is 5.07. The Bertz CT molecular complexity index is 1040. The number of benzene rings is 2. The molecule has 0 unspecified atom stereocenters. The van der Waals surface area contributed by atoms with Gasteiger partial charge in [0, 0.05) is 29.7 Å². The van der Waals surface area contributed by atoms with Crippen molar-refractivity contribution in [3.63, 3.8) is 0 Å². The number of aromatic nitrogens is 1. The van der Waals surface area contributed by atoms with Crippen molar-refractivity contribution in [2.24, 2.45) is 0 Å². The molecule has 3 aromatic rings. The summed E-state index contributed by atoms with van der Waals surface area (Å²) < 4.78 is 5.87. The average molecular weight is 375 g/mol. The summed E-state index contributed by atoms with van der Waals surface area (Å²) in [4.78, 5) is 18.0. The molecule has 0 saturated carbocycles. The minimum absolute atomic E-state index is 0.156. The number of amides is 1. The molecular weight excluding hydrogens is 350 g/mol. The molecule has 28 heavy (non-hydrogen) atoms. The summed E-state index contributed by atoms with van der Waals surface area (Å²) in [6, 6.07) is 15.9. The van der Waals surface area contributed by atoms with Crippen LogP contribution in [0.25, 0.3) is 10.8 Å². The lowest BCUT2D eigenvalue weighted by molar-refractivity contribution is 0.0907. The Balaban J connectivity index is 1.71. The molecule has 1 aliphatic rings. The van der Waals surface area contributed by atoms with Crippen molar-refractivity contribution in [3.05, 3.63) is 71.0 Å². The van der Waals surface area contributed by atoms with Gasteiger partial charge in [0.15, 0.2) is 0 Å². The standard InChI is InChI=1S/C23H25N3O2/c1-15-13-16-7-4-5-9-18(16)21(25-15)23(2,3)26-22(27)19-10-6-8-17-14-24-11-12-28-20(17)19/h4-10,13,24H,11-12,14H2,1-3H3,(H,26,27). The number of para-hydroxylation sites is 1. The number of ether oxygens (including phenoxy) is 1. The molecule has 2 aromatic carbocycles. The SMILES string of the molecule is Cc1cc2ccccc2c(C(C)(C)NC(=O)c2cccc3c2OCCNC3)n1. The van der Waals surface area contributed by atoms with E-state index in [1.54, 1.807) is 0 Å². The number of rotatable bonds is 3. The third-order valence-electron chi connectivity index (χ3n) is 5.07. The monoisotopic (exact) mass is 375 g/mol. The number of hydrogen-bond donors (Lipinski definition) is 2. The van der Waals surface area contributed by atoms with Crippen LogP contribution in [0.15, 0.2) is 48.5 Å². The average Bonchev–Trinajstić information content (AvgIpc) is 2.92. The van der Waals surface area contributed by atoms with E-state index in [-0.39, 0.29) is 5.91 Å². The van der Waals surface area contributed by atoms with Gasteiger partial charge in [-0.3, -0.25) is 9.78 Å². The number of hydrogen-bond acceptors (Lipinski definition) is 4. The van der Waals surface area contributed by atoms with Gasteiger partial charge in [0.2, 0.25) is 0 Å². The van der Waals surface area contributed by atoms with Crippen LogP contribution in [0.2, 0.25) is 0 Å². The maximum Gasteiger partial charge on any atom is 0.255 e. The van der Waals surface area contributed by atoms with Gasteiger partial charge in [-0.05, 0) is 38.3 Å². The van der Waals surface area contributed by atoms with Gasteiger partial charge in [-0.1, -0.05) is 36.4 Å². The van der Waals surface area contributed by atoms with E-state index in [9.17, 15) is 4.79 Å². The van der Waals surface area contributed by atoms with E-state index in [0.717, 1.165) is 34.3 Å². The second kappa shape index (κ2) is 7.24. The molecule has 0 radical (unpaired) electrons. The molecule has 4 rings (SSSR count). The van der Waals surface area contributed by atoms with Crippen LogP contribution in [0.1, 0.15) is 41.2 Å². The molecule has 1 amide bonds. The van der Waals surface area contributed by atoms with E-state index in [0.29, 0.717) is 24.5 Å². The molecule has 0 fully saturated rings. The first-order chi connectivity index (χ1) is 13.5. The van der Waals surface area contributed by atoms with E-state index in [1.807, 2.05) is 57.2 Å². The zero-order chi connectivity index (χ0) is 19.7. The van der Waals surface area contributed by atoms with Crippen LogP contribution in [-0.4, -0.2) is 24.0 Å². The Morgan fingerprint density at radius 3 is 2.86 bits per heavy atom. The zero-order valence-electron chi connectivity index (χ0n) is 16.5. The molecule has 2 heterocycles. The fraction of sp³-hybridized carbons (Fsp3) is 0.304.